The monoisotopic (exact) mass is 562 g/mol. The van der Waals surface area contributed by atoms with Gasteiger partial charge in [-0.25, -0.2) is 33.5 Å². The Kier molecular flexibility index (Phi) is 6.60. The molecule has 2 aliphatic rings. The van der Waals surface area contributed by atoms with E-state index in [-0.39, 0.29) is 34.5 Å². The number of pyridine rings is 1. The molecule has 1 amide bonds. The van der Waals surface area contributed by atoms with Gasteiger partial charge >= 0.3 is 6.09 Å². The minimum atomic E-state index is -0.877. The first-order chi connectivity index (χ1) is 19.5. The molecule has 2 saturated heterocycles. The van der Waals surface area contributed by atoms with Gasteiger partial charge in [-0.1, -0.05) is 6.92 Å². The summed E-state index contributed by atoms with van der Waals surface area (Å²) in [6.45, 7) is 10.6. The van der Waals surface area contributed by atoms with Crippen molar-refractivity contribution in [3.63, 3.8) is 0 Å². The van der Waals surface area contributed by atoms with Crippen LogP contribution in [0.4, 0.5) is 25.3 Å². The standard InChI is InChI=1S/C29H32F2N8O2/c1-16(2)39-17(3)35-26-21(30)7-19(8-23(26)39)20-9-25(32-12-22(20)31)36-27-33-10-18(11-34-27)13-38-15-29(4)5-6-37(28(40)41)14-24(29)38/h7-12,16,24H,5-6,13-15H2,1-4H3,(H,40,41)(H,32,33,34,36)/t24-,29-/m0/s1. The Morgan fingerprint density at radius 1 is 1.15 bits per heavy atom. The lowest BCUT2D eigenvalue weighted by molar-refractivity contribution is -0.110. The first kappa shape index (κ1) is 27.0. The summed E-state index contributed by atoms with van der Waals surface area (Å²) in [5, 5.41) is 12.4. The number of nitrogens with one attached hydrogen (secondary N) is 1. The molecule has 2 N–H and O–H groups in total. The van der Waals surface area contributed by atoms with Gasteiger partial charge in [0.05, 0.1) is 11.7 Å². The van der Waals surface area contributed by atoms with Crippen molar-refractivity contribution in [3.05, 3.63) is 59.8 Å². The molecule has 6 rings (SSSR count). The third kappa shape index (κ3) is 4.86. The van der Waals surface area contributed by atoms with Crippen molar-refractivity contribution in [2.75, 3.05) is 25.0 Å². The summed E-state index contributed by atoms with van der Waals surface area (Å²) in [5.74, 6) is 0.197. The maximum atomic E-state index is 15.0. The zero-order chi connectivity index (χ0) is 29.1. The second kappa shape index (κ2) is 10.0. The van der Waals surface area contributed by atoms with Gasteiger partial charge in [-0.15, -0.1) is 0 Å². The number of halogens is 2. The molecule has 5 heterocycles. The molecule has 0 spiro atoms. The van der Waals surface area contributed by atoms with Crippen LogP contribution in [0, 0.1) is 24.0 Å². The summed E-state index contributed by atoms with van der Waals surface area (Å²) in [6.07, 6.45) is 4.49. The van der Waals surface area contributed by atoms with Crippen molar-refractivity contribution in [2.24, 2.45) is 5.41 Å². The Morgan fingerprint density at radius 2 is 1.90 bits per heavy atom. The van der Waals surface area contributed by atoms with E-state index in [0.29, 0.717) is 42.4 Å². The van der Waals surface area contributed by atoms with Crippen molar-refractivity contribution >= 4 is 28.9 Å². The van der Waals surface area contributed by atoms with Crippen LogP contribution in [-0.4, -0.2) is 71.2 Å². The Bertz CT molecular complexity index is 1640. The average Bonchev–Trinajstić information content (AvgIpc) is 3.26. The van der Waals surface area contributed by atoms with E-state index in [1.165, 1.54) is 17.0 Å². The number of anilines is 2. The van der Waals surface area contributed by atoms with Gasteiger partial charge in [-0.3, -0.25) is 4.90 Å². The molecule has 0 bridgehead atoms. The Hall–Kier alpha value is -4.19. The second-order valence-corrected chi connectivity index (χ2v) is 11.6. The summed E-state index contributed by atoms with van der Waals surface area (Å²) in [6, 6.07) is 4.76. The maximum absolute atomic E-state index is 15.0. The van der Waals surface area contributed by atoms with E-state index < -0.39 is 17.7 Å². The predicted octanol–water partition coefficient (Wildman–Crippen LogP) is 5.37. The zero-order valence-electron chi connectivity index (χ0n) is 23.4. The summed E-state index contributed by atoms with van der Waals surface area (Å²) in [4.78, 5) is 32.5. The Morgan fingerprint density at radius 3 is 2.61 bits per heavy atom. The lowest BCUT2D eigenvalue weighted by Crippen LogP contribution is -2.69. The highest BCUT2D eigenvalue weighted by Gasteiger charge is 2.52. The lowest BCUT2D eigenvalue weighted by atomic mass is 9.68. The lowest BCUT2D eigenvalue weighted by Gasteiger charge is -2.60. The van der Waals surface area contributed by atoms with Gasteiger partial charge in [0.15, 0.2) is 5.82 Å². The largest absolute Gasteiger partial charge is 0.465 e. The van der Waals surface area contributed by atoms with E-state index in [2.05, 4.69) is 37.1 Å². The molecule has 3 aromatic heterocycles. The van der Waals surface area contributed by atoms with Crippen LogP contribution in [0.1, 0.15) is 44.6 Å². The number of likely N-dealkylation sites (tertiary alicyclic amines) is 2. The van der Waals surface area contributed by atoms with Gasteiger partial charge < -0.3 is 19.9 Å². The molecule has 0 aliphatic carbocycles. The van der Waals surface area contributed by atoms with E-state index in [1.807, 2.05) is 25.3 Å². The number of aryl methyl sites for hydroxylation is 1. The molecule has 2 atom stereocenters. The molecule has 1 aromatic carbocycles. The topological polar surface area (TPSA) is 112 Å². The van der Waals surface area contributed by atoms with E-state index in [9.17, 15) is 14.3 Å². The van der Waals surface area contributed by atoms with Crippen LogP contribution in [0.5, 0.6) is 0 Å². The first-order valence-electron chi connectivity index (χ1n) is 13.7. The van der Waals surface area contributed by atoms with Gasteiger partial charge in [0.1, 0.15) is 23.0 Å². The van der Waals surface area contributed by atoms with Gasteiger partial charge in [-0.2, -0.15) is 0 Å². The van der Waals surface area contributed by atoms with Crippen molar-refractivity contribution < 1.29 is 18.7 Å². The highest BCUT2D eigenvalue weighted by atomic mass is 19.1. The molecule has 12 heteroatoms. The zero-order valence-corrected chi connectivity index (χ0v) is 23.4. The van der Waals surface area contributed by atoms with Crippen LogP contribution < -0.4 is 5.32 Å². The number of amides is 1. The number of aromatic nitrogens is 5. The van der Waals surface area contributed by atoms with Crippen LogP contribution in [0.25, 0.3) is 22.2 Å². The Balaban J connectivity index is 1.18. The number of fused-ring (bicyclic) bond motifs is 2. The van der Waals surface area contributed by atoms with Crippen molar-refractivity contribution in [1.29, 1.82) is 0 Å². The SMILES string of the molecule is Cc1nc2c(F)cc(-c3cc(Nc4ncc(CN5C[C@]6(C)CCN(C(=O)O)C[C@H]56)cn4)ncc3F)cc2n1C(C)C. The molecule has 0 radical (unpaired) electrons. The molecular formula is C29H32F2N8O2. The maximum Gasteiger partial charge on any atom is 0.407 e. The minimum absolute atomic E-state index is 0.0574. The van der Waals surface area contributed by atoms with E-state index in [4.69, 9.17) is 0 Å². The predicted molar refractivity (Wildman–Crippen MR) is 150 cm³/mol. The smallest absolute Gasteiger partial charge is 0.407 e. The van der Waals surface area contributed by atoms with Crippen LogP contribution in [0.2, 0.25) is 0 Å². The highest BCUT2D eigenvalue weighted by Crippen LogP contribution is 2.44. The van der Waals surface area contributed by atoms with Crippen LogP contribution >= 0.6 is 0 Å². The Labute approximate surface area is 236 Å². The van der Waals surface area contributed by atoms with Crippen molar-refractivity contribution in [3.8, 4) is 11.1 Å². The van der Waals surface area contributed by atoms with Gasteiger partial charge in [0.2, 0.25) is 5.95 Å². The summed E-state index contributed by atoms with van der Waals surface area (Å²) in [5.41, 5.74) is 2.45. The third-order valence-corrected chi connectivity index (χ3v) is 8.36. The van der Waals surface area contributed by atoms with Crippen LogP contribution in [-0.2, 0) is 6.54 Å². The van der Waals surface area contributed by atoms with Crippen LogP contribution in [0.3, 0.4) is 0 Å². The average molecular weight is 563 g/mol. The molecule has 10 nitrogen and oxygen atoms in total. The fourth-order valence-corrected chi connectivity index (χ4v) is 6.27. The fraction of sp³-hybridized carbons (Fsp3) is 0.414. The number of benzene rings is 1. The first-order valence-corrected chi connectivity index (χ1v) is 13.7. The molecule has 4 aromatic rings. The molecule has 2 aliphatic heterocycles. The fourth-order valence-electron chi connectivity index (χ4n) is 6.27. The number of rotatable bonds is 6. The van der Waals surface area contributed by atoms with Gasteiger partial charge in [0.25, 0.3) is 0 Å². The number of imidazole rings is 1. The normalized spacial score (nSPS) is 20.8. The number of piperidine rings is 1. The quantitative estimate of drug-likeness (QED) is 0.323. The molecule has 41 heavy (non-hydrogen) atoms. The number of carbonyl (C=O) groups is 1. The van der Waals surface area contributed by atoms with Crippen molar-refractivity contribution in [1.82, 2.24) is 34.3 Å². The van der Waals surface area contributed by atoms with Crippen LogP contribution in [0.15, 0.2) is 36.8 Å². The molecule has 0 unspecified atom stereocenters. The second-order valence-electron chi connectivity index (χ2n) is 11.6. The highest BCUT2D eigenvalue weighted by molar-refractivity contribution is 5.84. The molecule has 214 valence electrons. The number of hydrogen-bond acceptors (Lipinski definition) is 7. The summed E-state index contributed by atoms with van der Waals surface area (Å²) >= 11 is 0. The van der Waals surface area contributed by atoms with Gasteiger partial charge in [0, 0.05) is 61.8 Å². The number of nitrogens with zero attached hydrogens (tertiary/aromatic N) is 7. The minimum Gasteiger partial charge on any atom is -0.465 e. The van der Waals surface area contributed by atoms with Gasteiger partial charge in [-0.05, 0) is 56.4 Å². The molecule has 0 saturated carbocycles. The molecule has 2 fully saturated rings. The van der Waals surface area contributed by atoms with E-state index in [1.54, 1.807) is 18.5 Å². The summed E-state index contributed by atoms with van der Waals surface area (Å²) in [7, 11) is 0. The number of hydrogen-bond donors (Lipinski definition) is 2. The number of carboxylic acid groups (broad SMARTS) is 1. The third-order valence-electron chi connectivity index (χ3n) is 8.36. The summed E-state index contributed by atoms with van der Waals surface area (Å²) < 4.78 is 31.8. The molecular weight excluding hydrogens is 530 g/mol. The van der Waals surface area contributed by atoms with Crippen molar-refractivity contribution in [2.45, 2.75) is 52.7 Å². The van der Waals surface area contributed by atoms with E-state index >= 15 is 4.39 Å². The van der Waals surface area contributed by atoms with E-state index in [0.717, 1.165) is 24.7 Å².